The van der Waals surface area contributed by atoms with Crippen LogP contribution in [-0.2, 0) is 12.0 Å². The first-order valence-corrected chi connectivity index (χ1v) is 4.27. The van der Waals surface area contributed by atoms with Crippen molar-refractivity contribution in [2.45, 2.75) is 18.4 Å². The van der Waals surface area contributed by atoms with Crippen LogP contribution >= 0.6 is 0 Å². The predicted octanol–water partition coefficient (Wildman–Crippen LogP) is 0.779. The standard InChI is InChI=1S/C10H13NO/c11-7-10(12)6-5-8-3-1-2-4-9(8)10/h1-4,12H,5-7,11H2/t10-/m1/s1. The molecule has 2 rings (SSSR count). The molecule has 0 aliphatic heterocycles. The smallest absolute Gasteiger partial charge is 0.102 e. The van der Waals surface area contributed by atoms with Crippen LogP contribution in [0.2, 0.25) is 0 Å². The van der Waals surface area contributed by atoms with Gasteiger partial charge in [-0.1, -0.05) is 24.3 Å². The molecule has 12 heavy (non-hydrogen) atoms. The lowest BCUT2D eigenvalue weighted by atomic mass is 9.96. The minimum Gasteiger partial charge on any atom is -0.384 e. The average Bonchev–Trinajstić information content (AvgIpc) is 2.46. The third-order valence-corrected chi connectivity index (χ3v) is 2.66. The van der Waals surface area contributed by atoms with E-state index in [0.29, 0.717) is 6.54 Å². The fraction of sp³-hybridized carbons (Fsp3) is 0.400. The number of nitrogens with two attached hydrogens (primary N) is 1. The van der Waals surface area contributed by atoms with E-state index < -0.39 is 5.60 Å². The fourth-order valence-corrected chi connectivity index (χ4v) is 1.88. The topological polar surface area (TPSA) is 46.2 Å². The van der Waals surface area contributed by atoms with Gasteiger partial charge >= 0.3 is 0 Å². The lowest BCUT2D eigenvalue weighted by molar-refractivity contribution is 0.0481. The highest BCUT2D eigenvalue weighted by atomic mass is 16.3. The van der Waals surface area contributed by atoms with Crippen molar-refractivity contribution in [2.75, 3.05) is 6.54 Å². The molecule has 64 valence electrons. The maximum Gasteiger partial charge on any atom is 0.102 e. The molecule has 1 aliphatic rings. The first-order chi connectivity index (χ1) is 5.76. The third kappa shape index (κ3) is 0.958. The molecule has 2 heteroatoms. The summed E-state index contributed by atoms with van der Waals surface area (Å²) < 4.78 is 0. The zero-order chi connectivity index (χ0) is 8.60. The van der Waals surface area contributed by atoms with Gasteiger partial charge < -0.3 is 10.8 Å². The van der Waals surface area contributed by atoms with Gasteiger partial charge in [0.1, 0.15) is 5.60 Å². The van der Waals surface area contributed by atoms with Gasteiger partial charge in [0.2, 0.25) is 0 Å². The lowest BCUT2D eigenvalue weighted by Gasteiger charge is -2.21. The van der Waals surface area contributed by atoms with E-state index in [2.05, 4.69) is 6.07 Å². The van der Waals surface area contributed by atoms with Crippen molar-refractivity contribution in [3.8, 4) is 0 Å². The minimum absolute atomic E-state index is 0.323. The highest BCUT2D eigenvalue weighted by molar-refractivity contribution is 5.37. The average molecular weight is 163 g/mol. The fourth-order valence-electron chi connectivity index (χ4n) is 1.88. The summed E-state index contributed by atoms with van der Waals surface area (Å²) in [5.41, 5.74) is 7.04. The second-order valence-electron chi connectivity index (χ2n) is 3.39. The van der Waals surface area contributed by atoms with E-state index in [0.717, 1.165) is 18.4 Å². The van der Waals surface area contributed by atoms with E-state index in [9.17, 15) is 5.11 Å². The van der Waals surface area contributed by atoms with Crippen molar-refractivity contribution >= 4 is 0 Å². The molecule has 3 N–H and O–H groups in total. The van der Waals surface area contributed by atoms with Crippen LogP contribution in [-0.4, -0.2) is 11.7 Å². The van der Waals surface area contributed by atoms with Crippen LogP contribution in [0.5, 0.6) is 0 Å². The first-order valence-electron chi connectivity index (χ1n) is 4.27. The largest absolute Gasteiger partial charge is 0.384 e. The summed E-state index contributed by atoms with van der Waals surface area (Å²) in [5.74, 6) is 0. The number of aryl methyl sites for hydroxylation is 1. The van der Waals surface area contributed by atoms with Gasteiger partial charge in [-0.25, -0.2) is 0 Å². The van der Waals surface area contributed by atoms with Crippen molar-refractivity contribution in [1.82, 2.24) is 0 Å². The number of hydrogen-bond acceptors (Lipinski definition) is 2. The molecule has 0 spiro atoms. The van der Waals surface area contributed by atoms with E-state index in [4.69, 9.17) is 5.73 Å². The van der Waals surface area contributed by atoms with Crippen molar-refractivity contribution in [3.05, 3.63) is 35.4 Å². The normalized spacial score (nSPS) is 27.2. The molecule has 1 atom stereocenters. The highest BCUT2D eigenvalue weighted by Gasteiger charge is 2.34. The Morgan fingerprint density at radius 1 is 1.42 bits per heavy atom. The second kappa shape index (κ2) is 2.57. The summed E-state index contributed by atoms with van der Waals surface area (Å²) in [6.45, 7) is 0.323. The van der Waals surface area contributed by atoms with Crippen LogP contribution in [0.3, 0.4) is 0 Å². The Hall–Kier alpha value is -0.860. The third-order valence-electron chi connectivity index (χ3n) is 2.66. The van der Waals surface area contributed by atoms with Crippen LogP contribution in [0.25, 0.3) is 0 Å². The Morgan fingerprint density at radius 2 is 2.17 bits per heavy atom. The number of rotatable bonds is 1. The van der Waals surface area contributed by atoms with Crippen molar-refractivity contribution < 1.29 is 5.11 Å². The molecule has 0 amide bonds. The van der Waals surface area contributed by atoms with Gasteiger partial charge in [0, 0.05) is 6.54 Å². The van der Waals surface area contributed by atoms with Crippen molar-refractivity contribution in [1.29, 1.82) is 0 Å². The van der Waals surface area contributed by atoms with Gasteiger partial charge in [-0.2, -0.15) is 0 Å². The summed E-state index contributed by atoms with van der Waals surface area (Å²) >= 11 is 0. The number of benzene rings is 1. The quantitative estimate of drug-likeness (QED) is 0.642. The molecule has 0 saturated heterocycles. The van der Waals surface area contributed by atoms with Crippen molar-refractivity contribution in [3.63, 3.8) is 0 Å². The van der Waals surface area contributed by atoms with Crippen LogP contribution < -0.4 is 5.73 Å². The molecule has 1 aromatic rings. The number of hydrogen-bond donors (Lipinski definition) is 2. The molecule has 1 aromatic carbocycles. The summed E-state index contributed by atoms with van der Waals surface area (Å²) in [6.07, 6.45) is 1.72. The predicted molar refractivity (Wildman–Crippen MR) is 47.7 cm³/mol. The van der Waals surface area contributed by atoms with E-state index in [1.54, 1.807) is 0 Å². The molecule has 2 nitrogen and oxygen atoms in total. The number of fused-ring (bicyclic) bond motifs is 1. The van der Waals surface area contributed by atoms with E-state index >= 15 is 0 Å². The Kier molecular flexibility index (Phi) is 1.67. The maximum atomic E-state index is 10.0. The second-order valence-corrected chi connectivity index (χ2v) is 3.39. The van der Waals surface area contributed by atoms with E-state index in [1.807, 2.05) is 18.2 Å². The zero-order valence-electron chi connectivity index (χ0n) is 6.96. The lowest BCUT2D eigenvalue weighted by Crippen LogP contribution is -2.32. The van der Waals surface area contributed by atoms with Crippen LogP contribution in [0.15, 0.2) is 24.3 Å². The van der Waals surface area contributed by atoms with Crippen LogP contribution in [0, 0.1) is 0 Å². The van der Waals surface area contributed by atoms with Crippen LogP contribution in [0.1, 0.15) is 17.5 Å². The van der Waals surface area contributed by atoms with Gasteiger partial charge in [0.05, 0.1) is 0 Å². The summed E-state index contributed by atoms with van der Waals surface area (Å²) in [4.78, 5) is 0. The van der Waals surface area contributed by atoms with Crippen LogP contribution in [0.4, 0.5) is 0 Å². The van der Waals surface area contributed by atoms with E-state index in [1.165, 1.54) is 5.56 Å². The van der Waals surface area contributed by atoms with Gasteiger partial charge in [-0.15, -0.1) is 0 Å². The zero-order valence-corrected chi connectivity index (χ0v) is 6.96. The molecule has 0 heterocycles. The highest BCUT2D eigenvalue weighted by Crippen LogP contribution is 2.35. The Bertz CT molecular complexity index is 298. The van der Waals surface area contributed by atoms with Crippen molar-refractivity contribution in [2.24, 2.45) is 5.73 Å². The molecule has 0 bridgehead atoms. The maximum absolute atomic E-state index is 10.0. The van der Waals surface area contributed by atoms with Gasteiger partial charge in [-0.05, 0) is 24.0 Å². The Labute approximate surface area is 72.0 Å². The first kappa shape index (κ1) is 7.77. The Morgan fingerprint density at radius 3 is 2.92 bits per heavy atom. The molecule has 0 saturated carbocycles. The van der Waals surface area contributed by atoms with Gasteiger partial charge in [-0.3, -0.25) is 0 Å². The van der Waals surface area contributed by atoms with Gasteiger partial charge in [0.15, 0.2) is 0 Å². The number of aliphatic hydroxyl groups is 1. The molecule has 0 aromatic heterocycles. The molecule has 0 radical (unpaired) electrons. The molecule has 0 fully saturated rings. The SMILES string of the molecule is NC[C@]1(O)CCc2ccccc21. The molecular formula is C10H13NO. The minimum atomic E-state index is -0.753. The van der Waals surface area contributed by atoms with Gasteiger partial charge in [0.25, 0.3) is 0 Å². The van der Waals surface area contributed by atoms with E-state index in [-0.39, 0.29) is 0 Å². The molecule has 1 aliphatic carbocycles. The summed E-state index contributed by atoms with van der Waals surface area (Å²) in [6, 6.07) is 7.98. The molecular weight excluding hydrogens is 150 g/mol. The summed E-state index contributed by atoms with van der Waals surface area (Å²) in [7, 11) is 0. The monoisotopic (exact) mass is 163 g/mol. The Balaban J connectivity index is 2.49. The molecule has 0 unspecified atom stereocenters. The summed E-state index contributed by atoms with van der Waals surface area (Å²) in [5, 5.41) is 10.0.